The Morgan fingerprint density at radius 3 is 2.81 bits per heavy atom. The lowest BCUT2D eigenvalue weighted by atomic mass is 9.96. The molecule has 0 aliphatic carbocycles. The number of benzene rings is 2. The molecule has 166 valence electrons. The van der Waals surface area contributed by atoms with Crippen LogP contribution in [0.25, 0.3) is 11.1 Å². The Labute approximate surface area is 186 Å². The molecule has 0 saturated heterocycles. The zero-order valence-electron chi connectivity index (χ0n) is 17.8. The number of hydrogen-bond acceptors (Lipinski definition) is 6. The van der Waals surface area contributed by atoms with E-state index in [0.29, 0.717) is 18.8 Å². The predicted molar refractivity (Wildman–Crippen MR) is 120 cm³/mol. The summed E-state index contributed by atoms with van der Waals surface area (Å²) in [6.07, 6.45) is 4.53. The Kier molecular flexibility index (Phi) is 6.68. The number of carbonyl (C=O) groups is 1. The van der Waals surface area contributed by atoms with Crippen LogP contribution in [0.1, 0.15) is 34.0 Å². The van der Waals surface area contributed by atoms with Crippen LogP contribution in [0.4, 0.5) is 0 Å². The zero-order valence-corrected chi connectivity index (χ0v) is 17.8. The summed E-state index contributed by atoms with van der Waals surface area (Å²) in [6.45, 7) is 1.08. The third-order valence-corrected chi connectivity index (χ3v) is 5.63. The number of pyridine rings is 1. The van der Waals surface area contributed by atoms with Crippen LogP contribution in [0, 0.1) is 0 Å². The largest absolute Gasteiger partial charge is 0.496 e. The zero-order chi connectivity index (χ0) is 22.5. The summed E-state index contributed by atoms with van der Waals surface area (Å²) in [7, 11) is 1.47. The molecule has 3 aromatic rings. The fourth-order valence-corrected chi connectivity index (χ4v) is 3.89. The number of aromatic carboxylic acids is 1. The second kappa shape index (κ2) is 9.80. The number of aryl methyl sites for hydroxylation is 1. The van der Waals surface area contributed by atoms with Crippen molar-refractivity contribution in [3.05, 3.63) is 77.6 Å². The maximum atomic E-state index is 11.3. The second-order valence-corrected chi connectivity index (χ2v) is 7.78. The minimum Gasteiger partial charge on any atom is -0.496 e. The number of rotatable bonds is 8. The van der Waals surface area contributed by atoms with Crippen molar-refractivity contribution in [2.24, 2.45) is 0 Å². The average molecular weight is 434 g/mol. The van der Waals surface area contributed by atoms with E-state index in [1.54, 1.807) is 30.6 Å². The molecule has 7 nitrogen and oxygen atoms in total. The third kappa shape index (κ3) is 4.90. The van der Waals surface area contributed by atoms with Gasteiger partial charge in [0.05, 0.1) is 13.2 Å². The van der Waals surface area contributed by atoms with E-state index in [4.69, 9.17) is 9.47 Å². The summed E-state index contributed by atoms with van der Waals surface area (Å²) in [5, 5.41) is 22.8. The first-order chi connectivity index (χ1) is 15.5. The number of fused-ring (bicyclic) bond motifs is 1. The number of nitrogens with one attached hydrogen (secondary N) is 1. The Morgan fingerprint density at radius 1 is 1.25 bits per heavy atom. The summed E-state index contributed by atoms with van der Waals surface area (Å²) < 4.78 is 11.4. The van der Waals surface area contributed by atoms with Crippen LogP contribution < -0.4 is 14.8 Å². The lowest BCUT2D eigenvalue weighted by molar-refractivity contribution is 0.0693. The average Bonchev–Trinajstić information content (AvgIpc) is 2.83. The number of aromatic nitrogens is 1. The van der Waals surface area contributed by atoms with Crippen molar-refractivity contribution < 1.29 is 24.5 Å². The molecule has 7 heteroatoms. The van der Waals surface area contributed by atoms with Gasteiger partial charge in [-0.25, -0.2) is 4.79 Å². The van der Waals surface area contributed by atoms with E-state index in [1.165, 1.54) is 7.11 Å². The molecule has 3 N–H and O–H groups in total. The smallest absolute Gasteiger partial charge is 0.339 e. The van der Waals surface area contributed by atoms with Gasteiger partial charge in [-0.1, -0.05) is 18.2 Å². The molecule has 0 spiro atoms. The van der Waals surface area contributed by atoms with Crippen molar-refractivity contribution in [3.63, 3.8) is 0 Å². The number of nitrogens with zero attached hydrogens (tertiary/aromatic N) is 1. The van der Waals surface area contributed by atoms with Gasteiger partial charge in [0.15, 0.2) is 0 Å². The number of methoxy groups -OCH3 is 1. The van der Waals surface area contributed by atoms with Crippen LogP contribution in [0.3, 0.4) is 0 Å². The highest BCUT2D eigenvalue weighted by Gasteiger charge is 2.21. The van der Waals surface area contributed by atoms with E-state index >= 15 is 0 Å². The molecule has 0 bridgehead atoms. The van der Waals surface area contributed by atoms with E-state index < -0.39 is 12.1 Å². The number of ether oxygens (including phenoxy) is 2. The molecule has 0 fully saturated rings. The van der Waals surface area contributed by atoms with Gasteiger partial charge >= 0.3 is 5.97 Å². The van der Waals surface area contributed by atoms with Gasteiger partial charge in [-0.3, -0.25) is 4.98 Å². The van der Waals surface area contributed by atoms with Crippen LogP contribution in [0.2, 0.25) is 0 Å². The number of carboxylic acids is 1. The van der Waals surface area contributed by atoms with Gasteiger partial charge in [0.2, 0.25) is 0 Å². The molecule has 0 unspecified atom stereocenters. The van der Waals surface area contributed by atoms with Crippen molar-refractivity contribution in [3.8, 4) is 22.6 Å². The van der Waals surface area contributed by atoms with Crippen molar-refractivity contribution in [1.29, 1.82) is 0 Å². The summed E-state index contributed by atoms with van der Waals surface area (Å²) in [4.78, 5) is 15.4. The van der Waals surface area contributed by atoms with Crippen LogP contribution in [0.15, 0.2) is 60.9 Å². The van der Waals surface area contributed by atoms with E-state index in [-0.39, 0.29) is 11.7 Å². The molecule has 0 saturated carbocycles. The third-order valence-electron chi connectivity index (χ3n) is 5.63. The molecule has 2 atom stereocenters. The molecule has 0 amide bonds. The van der Waals surface area contributed by atoms with Gasteiger partial charge < -0.3 is 25.0 Å². The molecule has 4 rings (SSSR count). The van der Waals surface area contributed by atoms with Crippen molar-refractivity contribution in [1.82, 2.24) is 10.3 Å². The Morgan fingerprint density at radius 2 is 2.06 bits per heavy atom. The van der Waals surface area contributed by atoms with Gasteiger partial charge in [-0.05, 0) is 59.9 Å². The molecule has 0 radical (unpaired) electrons. The minimum absolute atomic E-state index is 0.0318. The lowest BCUT2D eigenvalue weighted by Crippen LogP contribution is -2.36. The van der Waals surface area contributed by atoms with Gasteiger partial charge in [0.1, 0.15) is 23.2 Å². The number of aliphatic hydroxyl groups excluding tert-OH is 1. The van der Waals surface area contributed by atoms with E-state index in [9.17, 15) is 15.0 Å². The monoisotopic (exact) mass is 434 g/mol. The highest BCUT2D eigenvalue weighted by Crippen LogP contribution is 2.34. The first-order valence-electron chi connectivity index (χ1n) is 10.5. The quantitative estimate of drug-likeness (QED) is 0.499. The maximum absolute atomic E-state index is 11.3. The van der Waals surface area contributed by atoms with E-state index in [0.717, 1.165) is 40.8 Å². The molecule has 2 aromatic carbocycles. The lowest BCUT2D eigenvalue weighted by Gasteiger charge is -2.27. The summed E-state index contributed by atoms with van der Waals surface area (Å²) >= 11 is 0. The van der Waals surface area contributed by atoms with E-state index in [1.807, 2.05) is 24.3 Å². The predicted octanol–water partition coefficient (Wildman–Crippen LogP) is 3.47. The summed E-state index contributed by atoms with van der Waals surface area (Å²) in [5.41, 5.74) is 3.92. The molecule has 32 heavy (non-hydrogen) atoms. The highest BCUT2D eigenvalue weighted by atomic mass is 16.5. The van der Waals surface area contributed by atoms with Gasteiger partial charge in [0.25, 0.3) is 0 Å². The molecule has 1 aliphatic heterocycles. The minimum atomic E-state index is -1.01. The maximum Gasteiger partial charge on any atom is 0.339 e. The fourth-order valence-electron chi connectivity index (χ4n) is 3.89. The normalized spacial score (nSPS) is 16.0. The van der Waals surface area contributed by atoms with Gasteiger partial charge in [-0.2, -0.15) is 0 Å². The highest BCUT2D eigenvalue weighted by molar-refractivity contribution is 5.92. The van der Waals surface area contributed by atoms with Crippen LogP contribution in [-0.4, -0.2) is 47.5 Å². The van der Waals surface area contributed by atoms with Gasteiger partial charge in [0, 0.05) is 31.0 Å². The van der Waals surface area contributed by atoms with Crippen LogP contribution in [0.5, 0.6) is 11.5 Å². The standard InChI is InChI=1S/C25H26N2O5/c1-31-24-12-17(5-8-21(24)25(29)30)16-6-9-23-18(11-16)4-7-20(32-23)14-27-15-22(28)19-3-2-10-26-13-19/h2-3,5-6,8-13,20,22,27-28H,4,7,14-15H2,1H3,(H,29,30)/t20-,22+/m1/s1. The molecule has 1 aliphatic rings. The molecule has 1 aromatic heterocycles. The second-order valence-electron chi connectivity index (χ2n) is 7.78. The number of aliphatic hydroxyl groups is 1. The first-order valence-corrected chi connectivity index (χ1v) is 10.5. The number of carboxylic acid groups (broad SMARTS) is 1. The fraction of sp³-hybridized carbons (Fsp3) is 0.280. The first kappa shape index (κ1) is 21.8. The Bertz CT molecular complexity index is 1090. The Balaban J connectivity index is 1.38. The summed E-state index contributed by atoms with van der Waals surface area (Å²) in [5.74, 6) is 0.178. The van der Waals surface area contributed by atoms with Gasteiger partial charge in [-0.15, -0.1) is 0 Å². The van der Waals surface area contributed by atoms with Crippen molar-refractivity contribution in [2.75, 3.05) is 20.2 Å². The summed E-state index contributed by atoms with van der Waals surface area (Å²) in [6, 6.07) is 14.8. The topological polar surface area (TPSA) is 101 Å². The van der Waals surface area contributed by atoms with Crippen molar-refractivity contribution >= 4 is 5.97 Å². The van der Waals surface area contributed by atoms with E-state index in [2.05, 4.69) is 16.4 Å². The molecular formula is C25H26N2O5. The van der Waals surface area contributed by atoms with Crippen LogP contribution >= 0.6 is 0 Å². The molecular weight excluding hydrogens is 408 g/mol. The number of hydrogen-bond donors (Lipinski definition) is 3. The molecule has 2 heterocycles. The Hall–Kier alpha value is -3.42. The van der Waals surface area contributed by atoms with Crippen LogP contribution in [-0.2, 0) is 6.42 Å². The van der Waals surface area contributed by atoms with Crippen molar-refractivity contribution in [2.45, 2.75) is 25.0 Å². The SMILES string of the molecule is COc1cc(-c2ccc3c(c2)CC[C@H](CNC[C@H](O)c2cccnc2)O3)ccc1C(=O)O.